The number of ether oxygens (including phenoxy) is 1. The lowest BCUT2D eigenvalue weighted by Gasteiger charge is -2.25. The Morgan fingerprint density at radius 1 is 1.50 bits per heavy atom. The Hall–Kier alpha value is -2.46. The number of aryl methyl sites for hydroxylation is 1. The van der Waals surface area contributed by atoms with Crippen molar-refractivity contribution in [3.63, 3.8) is 0 Å². The summed E-state index contributed by atoms with van der Waals surface area (Å²) in [6, 6.07) is -0.808. The van der Waals surface area contributed by atoms with Gasteiger partial charge in [-0.3, -0.25) is 10.1 Å². The standard InChI is InChI=1S/C15H23F2N5O4/c1-14(2,3)26-13(23)19-10-5-6-21(9-15(16,17)7-10)12-11(22(24)25)8-18-20(12)4/h8,10H,5-7,9H2,1-4H3,(H,19,23)/t10-/m0/s1. The summed E-state index contributed by atoms with van der Waals surface area (Å²) in [5, 5.41) is 17.4. The first-order valence-electron chi connectivity index (χ1n) is 8.17. The van der Waals surface area contributed by atoms with Gasteiger partial charge in [0, 0.05) is 26.1 Å². The highest BCUT2D eigenvalue weighted by Gasteiger charge is 2.41. The molecule has 0 aromatic carbocycles. The van der Waals surface area contributed by atoms with Gasteiger partial charge in [0.05, 0.1) is 11.5 Å². The molecular formula is C15H23F2N5O4. The molecule has 0 bridgehead atoms. The topological polar surface area (TPSA) is 103 Å². The molecule has 0 radical (unpaired) electrons. The number of nitrogens with zero attached hydrogens (tertiary/aromatic N) is 4. The molecule has 26 heavy (non-hydrogen) atoms. The number of nitrogens with one attached hydrogen (secondary N) is 1. The van der Waals surface area contributed by atoms with Gasteiger partial charge in [0.15, 0.2) is 0 Å². The van der Waals surface area contributed by atoms with Crippen LogP contribution in [0.25, 0.3) is 0 Å². The number of rotatable bonds is 3. The maximum absolute atomic E-state index is 14.4. The molecule has 1 aromatic rings. The number of nitro groups is 1. The molecule has 1 aliphatic heterocycles. The minimum absolute atomic E-state index is 0.0209. The number of aromatic nitrogens is 2. The monoisotopic (exact) mass is 375 g/mol. The fraction of sp³-hybridized carbons (Fsp3) is 0.733. The zero-order chi connectivity index (χ0) is 19.7. The van der Waals surface area contributed by atoms with Crippen LogP contribution in [0, 0.1) is 10.1 Å². The van der Waals surface area contributed by atoms with Crippen LogP contribution in [0.2, 0.25) is 0 Å². The van der Waals surface area contributed by atoms with E-state index in [2.05, 4.69) is 10.4 Å². The number of carbonyl (C=O) groups is 1. The van der Waals surface area contributed by atoms with Crippen molar-refractivity contribution in [2.45, 2.75) is 51.2 Å². The fourth-order valence-electron chi connectivity index (χ4n) is 2.89. The summed E-state index contributed by atoms with van der Waals surface area (Å²) in [5.74, 6) is -3.12. The summed E-state index contributed by atoms with van der Waals surface area (Å²) in [6.45, 7) is 4.45. The minimum atomic E-state index is -3.14. The van der Waals surface area contributed by atoms with E-state index in [1.54, 1.807) is 20.8 Å². The molecule has 1 amide bonds. The average molecular weight is 375 g/mol. The molecule has 0 aliphatic carbocycles. The molecule has 2 rings (SSSR count). The predicted molar refractivity (Wildman–Crippen MR) is 89.4 cm³/mol. The number of amides is 1. The fourth-order valence-corrected chi connectivity index (χ4v) is 2.89. The molecule has 1 atom stereocenters. The van der Waals surface area contributed by atoms with Gasteiger partial charge in [-0.15, -0.1) is 0 Å². The Morgan fingerprint density at radius 2 is 2.15 bits per heavy atom. The first-order chi connectivity index (χ1) is 11.9. The van der Waals surface area contributed by atoms with Gasteiger partial charge in [0.2, 0.25) is 5.82 Å². The van der Waals surface area contributed by atoms with Gasteiger partial charge in [-0.05, 0) is 27.2 Å². The van der Waals surface area contributed by atoms with Gasteiger partial charge in [-0.2, -0.15) is 5.10 Å². The number of alkyl carbamates (subject to hydrolysis) is 1. The predicted octanol–water partition coefficient (Wildman–Crippen LogP) is 2.46. The number of anilines is 1. The highest BCUT2D eigenvalue weighted by Crippen LogP contribution is 2.34. The van der Waals surface area contributed by atoms with E-state index >= 15 is 0 Å². The van der Waals surface area contributed by atoms with Crippen LogP contribution in [-0.2, 0) is 11.8 Å². The zero-order valence-corrected chi connectivity index (χ0v) is 15.2. The van der Waals surface area contributed by atoms with Crippen molar-refractivity contribution in [2.75, 3.05) is 18.0 Å². The molecule has 9 nitrogen and oxygen atoms in total. The molecule has 1 N–H and O–H groups in total. The maximum atomic E-state index is 14.4. The van der Waals surface area contributed by atoms with Gasteiger partial charge in [-0.25, -0.2) is 18.3 Å². The Kier molecular flexibility index (Phi) is 5.38. The Balaban J connectivity index is 2.16. The molecule has 11 heteroatoms. The van der Waals surface area contributed by atoms with Crippen LogP contribution in [0.4, 0.5) is 25.1 Å². The third-order valence-electron chi connectivity index (χ3n) is 3.82. The van der Waals surface area contributed by atoms with Crippen molar-refractivity contribution in [3.8, 4) is 0 Å². The quantitative estimate of drug-likeness (QED) is 0.643. The summed E-state index contributed by atoms with van der Waals surface area (Å²) < 4.78 is 35.1. The van der Waals surface area contributed by atoms with Gasteiger partial charge in [0.25, 0.3) is 5.92 Å². The van der Waals surface area contributed by atoms with Crippen molar-refractivity contribution in [1.82, 2.24) is 15.1 Å². The van der Waals surface area contributed by atoms with Crippen LogP contribution in [0.15, 0.2) is 6.20 Å². The second kappa shape index (κ2) is 7.04. The van der Waals surface area contributed by atoms with E-state index in [0.717, 1.165) is 6.20 Å². The SMILES string of the molecule is Cn1ncc([N+](=O)[O-])c1N1CC[C@H](NC(=O)OC(C)(C)C)CC(F)(F)C1. The van der Waals surface area contributed by atoms with E-state index in [4.69, 9.17) is 4.74 Å². The van der Waals surface area contributed by atoms with Gasteiger partial charge in [-0.1, -0.05) is 0 Å². The van der Waals surface area contributed by atoms with Gasteiger partial charge >= 0.3 is 11.8 Å². The van der Waals surface area contributed by atoms with Gasteiger partial charge in [0.1, 0.15) is 11.8 Å². The molecule has 1 aromatic heterocycles. The van der Waals surface area contributed by atoms with E-state index in [1.807, 2.05) is 0 Å². The van der Waals surface area contributed by atoms with Crippen molar-refractivity contribution in [3.05, 3.63) is 16.3 Å². The lowest BCUT2D eigenvalue weighted by molar-refractivity contribution is -0.384. The third-order valence-corrected chi connectivity index (χ3v) is 3.82. The summed E-state index contributed by atoms with van der Waals surface area (Å²) >= 11 is 0. The lowest BCUT2D eigenvalue weighted by Crippen LogP contribution is -2.42. The number of alkyl halides is 2. The number of halogens is 2. The van der Waals surface area contributed by atoms with E-state index < -0.39 is 41.5 Å². The van der Waals surface area contributed by atoms with Gasteiger partial charge < -0.3 is 15.0 Å². The first kappa shape index (κ1) is 19.9. The van der Waals surface area contributed by atoms with E-state index in [0.29, 0.717) is 0 Å². The molecule has 1 aliphatic rings. The molecular weight excluding hydrogens is 352 g/mol. The largest absolute Gasteiger partial charge is 0.444 e. The van der Waals surface area contributed by atoms with E-state index in [1.165, 1.54) is 16.6 Å². The van der Waals surface area contributed by atoms with Crippen molar-refractivity contribution in [2.24, 2.45) is 7.05 Å². The molecule has 2 heterocycles. The van der Waals surface area contributed by atoms with Crippen LogP contribution >= 0.6 is 0 Å². The van der Waals surface area contributed by atoms with Crippen molar-refractivity contribution < 1.29 is 23.2 Å². The number of hydrogen-bond donors (Lipinski definition) is 1. The number of hydrogen-bond acceptors (Lipinski definition) is 6. The van der Waals surface area contributed by atoms with Crippen molar-refractivity contribution >= 4 is 17.6 Å². The van der Waals surface area contributed by atoms with Crippen LogP contribution in [-0.4, -0.2) is 51.5 Å². The maximum Gasteiger partial charge on any atom is 0.407 e. The normalized spacial score (nSPS) is 20.4. The second-order valence-electron chi connectivity index (χ2n) is 7.35. The first-order valence-corrected chi connectivity index (χ1v) is 8.17. The van der Waals surface area contributed by atoms with Crippen LogP contribution < -0.4 is 10.2 Å². The lowest BCUT2D eigenvalue weighted by atomic mass is 10.1. The molecule has 0 unspecified atom stereocenters. The smallest absolute Gasteiger partial charge is 0.407 e. The molecule has 1 fully saturated rings. The average Bonchev–Trinajstić information content (AvgIpc) is 2.75. The molecule has 146 valence electrons. The summed E-state index contributed by atoms with van der Waals surface area (Å²) in [4.78, 5) is 23.6. The third kappa shape index (κ3) is 5.02. The Labute approximate surface area is 149 Å². The Morgan fingerprint density at radius 3 is 2.73 bits per heavy atom. The summed E-state index contributed by atoms with van der Waals surface area (Å²) in [5.41, 5.74) is -1.07. The second-order valence-corrected chi connectivity index (χ2v) is 7.35. The van der Waals surface area contributed by atoms with Crippen LogP contribution in [0.3, 0.4) is 0 Å². The zero-order valence-electron chi connectivity index (χ0n) is 15.2. The molecule has 0 saturated carbocycles. The summed E-state index contributed by atoms with van der Waals surface area (Å²) in [7, 11) is 1.46. The summed E-state index contributed by atoms with van der Waals surface area (Å²) in [6.07, 6.45) is -0.112. The minimum Gasteiger partial charge on any atom is -0.444 e. The van der Waals surface area contributed by atoms with Crippen LogP contribution in [0.5, 0.6) is 0 Å². The Bertz CT molecular complexity index is 686. The molecule has 1 saturated heterocycles. The van der Waals surface area contributed by atoms with E-state index in [-0.39, 0.29) is 24.5 Å². The highest BCUT2D eigenvalue weighted by molar-refractivity contribution is 5.68. The van der Waals surface area contributed by atoms with E-state index in [9.17, 15) is 23.7 Å². The van der Waals surface area contributed by atoms with Crippen LogP contribution in [0.1, 0.15) is 33.6 Å². The highest BCUT2D eigenvalue weighted by atomic mass is 19.3. The molecule has 0 spiro atoms. The van der Waals surface area contributed by atoms with Crippen molar-refractivity contribution in [1.29, 1.82) is 0 Å². The number of carbonyl (C=O) groups excluding carboxylic acids is 1.